The lowest BCUT2D eigenvalue weighted by Crippen LogP contribution is -2.60. The van der Waals surface area contributed by atoms with Gasteiger partial charge in [-0.2, -0.15) is 50.5 Å². The van der Waals surface area contributed by atoms with Crippen LogP contribution < -0.4 is 0 Å². The zero-order chi connectivity index (χ0) is 68.2. The molecule has 0 aliphatic carbocycles. The third-order valence-corrected chi connectivity index (χ3v) is 24.3. The molecule has 6 atom stereocenters. The monoisotopic (exact) mass is 1450 g/mol. The molecule has 3 aliphatic heterocycles. The fourth-order valence-electron chi connectivity index (χ4n) is 12.1. The fraction of sp³-hybridized carbons (Fsp3) is 1.00. The third kappa shape index (κ3) is 43.2. The van der Waals surface area contributed by atoms with Gasteiger partial charge in [0, 0.05) is 130 Å². The number of hydrogen-bond acceptors (Lipinski definition) is 24. The van der Waals surface area contributed by atoms with E-state index in [1.54, 1.807) is 29.4 Å². The average molecular weight is 1450 g/mol. The summed E-state index contributed by atoms with van der Waals surface area (Å²) in [5.41, 5.74) is 0. The summed E-state index contributed by atoms with van der Waals surface area (Å²) >= 11 is 0. The molecule has 31 nitrogen and oxygen atoms in total. The van der Waals surface area contributed by atoms with Gasteiger partial charge in [0.05, 0.1) is 63.8 Å². The quantitative estimate of drug-likeness (QED) is 0.0168. The van der Waals surface area contributed by atoms with Gasteiger partial charge < -0.3 is 33.1 Å². The van der Waals surface area contributed by atoms with Crippen molar-refractivity contribution in [3.63, 3.8) is 0 Å². The molecule has 3 saturated heterocycles. The molecule has 0 saturated carbocycles. The van der Waals surface area contributed by atoms with Crippen LogP contribution >= 0.6 is 0 Å². The van der Waals surface area contributed by atoms with Crippen molar-refractivity contribution in [3.8, 4) is 0 Å². The lowest BCUT2D eigenvalue weighted by Gasteiger charge is -2.43. The molecule has 3 rings (SSSR count). The van der Waals surface area contributed by atoms with E-state index in [1.165, 1.54) is 70.6 Å². The van der Waals surface area contributed by atoms with Gasteiger partial charge in [0.25, 0.3) is 60.7 Å². The minimum atomic E-state index is -4.98. The van der Waals surface area contributed by atoms with Crippen molar-refractivity contribution in [2.75, 3.05) is 180 Å². The number of nitrogens with zero attached hydrogens (tertiary/aromatic N) is 7. The minimum Gasteiger partial charge on any atom is -0.391 e. The highest BCUT2D eigenvalue weighted by atomic mass is 32.2. The van der Waals surface area contributed by atoms with Crippen molar-refractivity contribution in [1.29, 1.82) is 0 Å². The Kier molecular flexibility index (Phi) is 37.9. The predicted octanol–water partition coefficient (Wildman–Crippen LogP) is 0.0712. The fourth-order valence-corrected chi connectivity index (χ4v) is 19.3. The Labute approximate surface area is 544 Å². The Morgan fingerprint density at radius 1 is 0.330 bits per heavy atom. The maximum absolute atomic E-state index is 13.1. The first-order valence-corrected chi connectivity index (χ1v) is 43.7. The van der Waals surface area contributed by atoms with Gasteiger partial charge in [0.15, 0.2) is 0 Å². The lowest BCUT2D eigenvalue weighted by molar-refractivity contribution is -0.890. The Hall–Kier alpha value is -0.843. The lowest BCUT2D eigenvalue weighted by atomic mass is 10.0. The molecule has 91 heavy (non-hydrogen) atoms. The third-order valence-electron chi connectivity index (χ3n) is 16.5. The number of β-amino-alcohol motifs (C(OH)–C–C–N with tert-alkyl or cyclic N) is 3. The first kappa shape index (κ1) is 84.4. The summed E-state index contributed by atoms with van der Waals surface area (Å²) in [6.45, 7) is 4.08. The molecule has 0 radical (unpaired) electrons. The van der Waals surface area contributed by atoms with E-state index >= 15 is 0 Å². The number of unbranched alkanes of at least 4 members (excludes halogenated alkanes) is 15. The molecule has 0 amide bonds. The number of aliphatic hydroxyl groups excluding tert-OH is 3. The molecule has 3 fully saturated rings. The number of quaternary nitrogens is 1. The molecule has 38 heteroatoms. The Balaban J connectivity index is 2.03. The van der Waals surface area contributed by atoms with E-state index in [9.17, 15) is 93.1 Å². The first-order chi connectivity index (χ1) is 42.2. The summed E-state index contributed by atoms with van der Waals surface area (Å²) in [7, 11) is -29.4. The van der Waals surface area contributed by atoms with E-state index in [-0.39, 0.29) is 130 Å². The summed E-state index contributed by atoms with van der Waals surface area (Å²) in [5, 5.41) is 31.2. The van der Waals surface area contributed by atoms with Crippen LogP contribution in [0.2, 0.25) is 6.04 Å². The van der Waals surface area contributed by atoms with Crippen LogP contribution in [0.5, 0.6) is 0 Å². The molecular weight excluding hydrogens is 1340 g/mol. The van der Waals surface area contributed by atoms with Crippen molar-refractivity contribution >= 4 is 69.5 Å². The van der Waals surface area contributed by atoms with Gasteiger partial charge in [-0.25, -0.2) is 0 Å². The van der Waals surface area contributed by atoms with Gasteiger partial charge in [-0.05, 0) is 12.8 Å². The van der Waals surface area contributed by atoms with Gasteiger partial charge >= 0.3 is 8.80 Å². The molecule has 9 N–H and O–H groups in total. The number of rotatable bonds is 51. The van der Waals surface area contributed by atoms with Crippen molar-refractivity contribution in [2.45, 2.75) is 159 Å². The molecule has 0 aromatic rings. The standard InChI is InChI=1S/C53H111N7O24S6Si/c1-4-5-6-7-8-9-10-11-12-13-14-15-16-17-18-19-33-60(2,3)34-20-35-91(82-51(45-88(73,74)75)39-57-27-21-54(22-28-57)36-48(61)42-85(64,65)66,83-52(46-89(76,77)78)40-58-29-23-55(24-30-58)37-49(62)43-86(67,68)69)84-53(47-90(79,80)81)41-59-31-25-56(26-32-59)38-50(63)44-87(70,71)72/h48-53,61-63H,4-47H2,1-3H3,(H5-,64,65,66,67,68,69,70,71,72,73,74,75,76,77,78,79,80,81)/p+1. The molecule has 0 spiro atoms. The van der Waals surface area contributed by atoms with E-state index in [0.717, 1.165) is 32.1 Å². The number of piperazine rings is 3. The predicted molar refractivity (Wildman–Crippen MR) is 346 cm³/mol. The molecular formula is C53H112N7O24S6Si+. The van der Waals surface area contributed by atoms with Crippen LogP contribution in [0.1, 0.15) is 116 Å². The topological polar surface area (TPSA) is 434 Å². The molecule has 0 bridgehead atoms. The van der Waals surface area contributed by atoms with Crippen molar-refractivity contribution in [3.05, 3.63) is 0 Å². The van der Waals surface area contributed by atoms with Gasteiger partial charge in [0.2, 0.25) is 0 Å². The Bertz CT molecular complexity index is 2490. The van der Waals surface area contributed by atoms with Crippen LogP contribution in [0.4, 0.5) is 0 Å². The summed E-state index contributed by atoms with van der Waals surface area (Å²) in [6, 6.07) is -0.252. The van der Waals surface area contributed by atoms with Crippen LogP contribution in [-0.4, -0.2) is 352 Å². The van der Waals surface area contributed by atoms with Crippen molar-refractivity contribution in [1.82, 2.24) is 29.4 Å². The van der Waals surface area contributed by atoms with Gasteiger partial charge in [-0.3, -0.25) is 56.7 Å². The minimum absolute atomic E-state index is 0.148. The van der Waals surface area contributed by atoms with Gasteiger partial charge in [-0.15, -0.1) is 0 Å². The van der Waals surface area contributed by atoms with Crippen LogP contribution in [-0.2, 0) is 74.0 Å². The first-order valence-electron chi connectivity index (χ1n) is 32.1. The Morgan fingerprint density at radius 2 is 0.538 bits per heavy atom. The summed E-state index contributed by atoms with van der Waals surface area (Å²) in [6.07, 6.45) is 10.2. The highest BCUT2D eigenvalue weighted by Gasteiger charge is 2.50. The van der Waals surface area contributed by atoms with Crippen molar-refractivity contribution < 1.29 is 111 Å². The van der Waals surface area contributed by atoms with E-state index in [0.29, 0.717) is 17.6 Å². The summed E-state index contributed by atoms with van der Waals surface area (Å²) < 4.78 is 228. The van der Waals surface area contributed by atoms with E-state index in [2.05, 4.69) is 6.92 Å². The van der Waals surface area contributed by atoms with Crippen LogP contribution in [0.15, 0.2) is 0 Å². The van der Waals surface area contributed by atoms with Crippen LogP contribution in [0.25, 0.3) is 0 Å². The maximum Gasteiger partial charge on any atom is 0.502 e. The molecule has 0 aromatic heterocycles. The molecule has 3 heterocycles. The maximum atomic E-state index is 13.1. The summed E-state index contributed by atoms with van der Waals surface area (Å²) in [5.74, 6) is -6.08. The zero-order valence-electron chi connectivity index (χ0n) is 53.8. The second-order valence-electron chi connectivity index (χ2n) is 25.9. The smallest absolute Gasteiger partial charge is 0.391 e. The zero-order valence-corrected chi connectivity index (χ0v) is 59.7. The average Bonchev–Trinajstić information content (AvgIpc) is 0.826. The summed E-state index contributed by atoms with van der Waals surface area (Å²) in [4.78, 5) is 10.3. The molecule has 6 unspecified atom stereocenters. The van der Waals surface area contributed by atoms with Crippen molar-refractivity contribution in [2.24, 2.45) is 0 Å². The molecule has 542 valence electrons. The molecule has 0 aromatic carbocycles. The number of hydrogen-bond donors (Lipinski definition) is 9. The largest absolute Gasteiger partial charge is 0.502 e. The van der Waals surface area contributed by atoms with Gasteiger partial charge in [0.1, 0.15) is 34.5 Å². The Morgan fingerprint density at radius 3 is 0.769 bits per heavy atom. The van der Waals surface area contributed by atoms with E-state index in [4.69, 9.17) is 13.3 Å². The second kappa shape index (κ2) is 40.9. The van der Waals surface area contributed by atoms with Crippen LogP contribution in [0.3, 0.4) is 0 Å². The second-order valence-corrected chi connectivity index (χ2v) is 37.5. The van der Waals surface area contributed by atoms with Gasteiger partial charge in [-0.1, -0.05) is 96.8 Å². The SMILES string of the molecule is CCCCCCCCCCCCCCCCCC[N+](C)(C)CCC[Si](OC(CN1CCN(CC(O)CS(=O)(=O)O)CC1)CS(=O)(=O)O)(OC(CN1CCN(CC(O)CS(=O)(=O)O)CC1)CS(=O)(=O)O)OC(CN1CCN(CC(O)CS(=O)(=O)O)CC1)CS(=O)(=O)O. The van der Waals surface area contributed by atoms with Crippen LogP contribution in [0, 0.1) is 0 Å². The number of aliphatic hydroxyl groups is 3. The highest BCUT2D eigenvalue weighted by Crippen LogP contribution is 2.29. The molecule has 3 aliphatic rings. The highest BCUT2D eigenvalue weighted by molar-refractivity contribution is 7.87. The van der Waals surface area contributed by atoms with E-state index in [1.807, 2.05) is 14.1 Å². The normalized spacial score (nSPS) is 20.3. The van der Waals surface area contributed by atoms with E-state index < -0.39 is 141 Å².